The monoisotopic (exact) mass is 294 g/mol. The van der Waals surface area contributed by atoms with E-state index in [1.165, 1.54) is 11.1 Å². The third kappa shape index (κ3) is 3.14. The molecule has 0 spiro atoms. The Hall–Kier alpha value is -2.13. The Bertz CT molecular complexity index is 719. The molecule has 1 atom stereocenters. The van der Waals surface area contributed by atoms with Gasteiger partial charge in [0.1, 0.15) is 0 Å². The van der Waals surface area contributed by atoms with Crippen LogP contribution in [-0.4, -0.2) is 4.98 Å². The van der Waals surface area contributed by atoms with E-state index in [-0.39, 0.29) is 6.04 Å². The van der Waals surface area contributed by atoms with E-state index < -0.39 is 0 Å². The highest BCUT2D eigenvalue weighted by molar-refractivity contribution is 7.09. The van der Waals surface area contributed by atoms with Gasteiger partial charge in [-0.15, -0.1) is 11.3 Å². The molecule has 0 saturated heterocycles. The Labute approximate surface area is 129 Å². The minimum atomic E-state index is 0.194. The third-order valence-corrected chi connectivity index (χ3v) is 4.26. The standard InChI is InChI=1S/C18H18N2S/c1-13(18-12-21-14(2)20-18)19-17-11-7-6-10-16(17)15-8-4-3-5-9-15/h3-13,19H,1-2H3. The second kappa shape index (κ2) is 6.10. The number of hydrogen-bond acceptors (Lipinski definition) is 3. The van der Waals surface area contributed by atoms with Gasteiger partial charge in [-0.05, 0) is 25.5 Å². The van der Waals surface area contributed by atoms with Gasteiger partial charge in [0.15, 0.2) is 0 Å². The fraction of sp³-hybridized carbons (Fsp3) is 0.167. The van der Waals surface area contributed by atoms with Crippen LogP contribution in [0.2, 0.25) is 0 Å². The van der Waals surface area contributed by atoms with Crippen molar-refractivity contribution in [1.82, 2.24) is 4.98 Å². The predicted molar refractivity (Wildman–Crippen MR) is 90.8 cm³/mol. The molecule has 1 unspecified atom stereocenters. The quantitative estimate of drug-likeness (QED) is 0.707. The summed E-state index contributed by atoms with van der Waals surface area (Å²) < 4.78 is 0. The topological polar surface area (TPSA) is 24.9 Å². The van der Waals surface area contributed by atoms with Crippen molar-refractivity contribution in [3.05, 3.63) is 70.7 Å². The Kier molecular flexibility index (Phi) is 4.02. The zero-order valence-electron chi connectivity index (χ0n) is 12.2. The van der Waals surface area contributed by atoms with Gasteiger partial charge in [-0.2, -0.15) is 0 Å². The normalized spacial score (nSPS) is 12.1. The Morgan fingerprint density at radius 1 is 1.00 bits per heavy atom. The van der Waals surface area contributed by atoms with Gasteiger partial charge in [-0.3, -0.25) is 0 Å². The Morgan fingerprint density at radius 3 is 2.43 bits per heavy atom. The van der Waals surface area contributed by atoms with E-state index >= 15 is 0 Å². The van der Waals surface area contributed by atoms with Gasteiger partial charge in [-0.1, -0.05) is 48.5 Å². The Morgan fingerprint density at radius 2 is 1.71 bits per heavy atom. The number of thiazole rings is 1. The lowest BCUT2D eigenvalue weighted by atomic mass is 10.0. The van der Waals surface area contributed by atoms with Crippen molar-refractivity contribution < 1.29 is 0 Å². The van der Waals surface area contributed by atoms with E-state index in [1.54, 1.807) is 11.3 Å². The molecular weight excluding hydrogens is 276 g/mol. The number of aryl methyl sites for hydroxylation is 1. The van der Waals surface area contributed by atoms with Crippen LogP contribution >= 0.6 is 11.3 Å². The summed E-state index contributed by atoms with van der Waals surface area (Å²) >= 11 is 1.69. The molecule has 106 valence electrons. The van der Waals surface area contributed by atoms with Crippen LogP contribution in [-0.2, 0) is 0 Å². The van der Waals surface area contributed by atoms with Crippen LogP contribution < -0.4 is 5.32 Å². The molecule has 2 aromatic carbocycles. The number of nitrogens with one attached hydrogen (secondary N) is 1. The molecule has 0 aliphatic rings. The zero-order valence-corrected chi connectivity index (χ0v) is 13.0. The van der Waals surface area contributed by atoms with Gasteiger partial charge in [0, 0.05) is 16.6 Å². The van der Waals surface area contributed by atoms with Crippen LogP contribution in [0.1, 0.15) is 23.7 Å². The summed E-state index contributed by atoms with van der Waals surface area (Å²) in [6.45, 7) is 4.19. The number of rotatable bonds is 4. The number of benzene rings is 2. The fourth-order valence-electron chi connectivity index (χ4n) is 2.36. The molecule has 1 aromatic heterocycles. The molecule has 0 aliphatic carbocycles. The van der Waals surface area contributed by atoms with Gasteiger partial charge in [0.2, 0.25) is 0 Å². The van der Waals surface area contributed by atoms with Crippen LogP contribution in [0.4, 0.5) is 5.69 Å². The fourth-order valence-corrected chi connectivity index (χ4v) is 3.07. The van der Waals surface area contributed by atoms with E-state index in [1.807, 2.05) is 13.0 Å². The van der Waals surface area contributed by atoms with Crippen molar-refractivity contribution in [3.63, 3.8) is 0 Å². The first-order valence-corrected chi connectivity index (χ1v) is 7.95. The minimum absolute atomic E-state index is 0.194. The molecule has 3 rings (SSSR count). The first-order valence-electron chi connectivity index (χ1n) is 7.07. The van der Waals surface area contributed by atoms with Crippen molar-refractivity contribution in [2.45, 2.75) is 19.9 Å². The molecule has 0 fully saturated rings. The summed E-state index contributed by atoms with van der Waals surface area (Å²) in [5.41, 5.74) is 4.68. The smallest absolute Gasteiger partial charge is 0.0898 e. The molecule has 1 heterocycles. The maximum absolute atomic E-state index is 4.57. The predicted octanol–water partition coefficient (Wildman–Crippen LogP) is 5.29. The van der Waals surface area contributed by atoms with Crippen molar-refractivity contribution in [3.8, 4) is 11.1 Å². The number of para-hydroxylation sites is 1. The molecule has 3 heteroatoms. The SMILES string of the molecule is Cc1nc(C(C)Nc2ccccc2-c2ccccc2)cs1. The highest BCUT2D eigenvalue weighted by Gasteiger charge is 2.11. The molecule has 2 nitrogen and oxygen atoms in total. The number of nitrogens with zero attached hydrogens (tertiary/aromatic N) is 1. The third-order valence-electron chi connectivity index (χ3n) is 3.46. The molecule has 21 heavy (non-hydrogen) atoms. The van der Waals surface area contributed by atoms with Crippen molar-refractivity contribution in [1.29, 1.82) is 0 Å². The maximum Gasteiger partial charge on any atom is 0.0898 e. The zero-order chi connectivity index (χ0) is 14.7. The second-order valence-corrected chi connectivity index (χ2v) is 6.13. The lowest BCUT2D eigenvalue weighted by molar-refractivity contribution is 0.846. The van der Waals surface area contributed by atoms with Crippen molar-refractivity contribution in [2.24, 2.45) is 0 Å². The Balaban J connectivity index is 1.89. The minimum Gasteiger partial charge on any atom is -0.376 e. The van der Waals surface area contributed by atoms with E-state index in [9.17, 15) is 0 Å². The average Bonchev–Trinajstić information content (AvgIpc) is 2.95. The van der Waals surface area contributed by atoms with Gasteiger partial charge in [0.25, 0.3) is 0 Å². The second-order valence-electron chi connectivity index (χ2n) is 5.07. The lowest BCUT2D eigenvalue weighted by Crippen LogP contribution is -2.07. The van der Waals surface area contributed by atoms with Crippen LogP contribution in [0.5, 0.6) is 0 Å². The van der Waals surface area contributed by atoms with Crippen LogP contribution in [0, 0.1) is 6.92 Å². The number of aromatic nitrogens is 1. The summed E-state index contributed by atoms with van der Waals surface area (Å²) in [6, 6.07) is 19.1. The van der Waals surface area contributed by atoms with Gasteiger partial charge in [-0.25, -0.2) is 4.98 Å². The van der Waals surface area contributed by atoms with E-state index in [4.69, 9.17) is 0 Å². The molecule has 0 aliphatic heterocycles. The first kappa shape index (κ1) is 13.8. The largest absolute Gasteiger partial charge is 0.376 e. The number of hydrogen-bond donors (Lipinski definition) is 1. The highest BCUT2D eigenvalue weighted by Crippen LogP contribution is 2.30. The van der Waals surface area contributed by atoms with Crippen molar-refractivity contribution >= 4 is 17.0 Å². The van der Waals surface area contributed by atoms with E-state index in [2.05, 4.69) is 71.1 Å². The molecule has 3 aromatic rings. The van der Waals surface area contributed by atoms with Gasteiger partial charge in [0.05, 0.1) is 16.7 Å². The molecule has 0 amide bonds. The molecule has 1 N–H and O–H groups in total. The highest BCUT2D eigenvalue weighted by atomic mass is 32.1. The average molecular weight is 294 g/mol. The lowest BCUT2D eigenvalue weighted by Gasteiger charge is -2.17. The van der Waals surface area contributed by atoms with Crippen molar-refractivity contribution in [2.75, 3.05) is 5.32 Å². The summed E-state index contributed by atoms with van der Waals surface area (Å²) in [5.74, 6) is 0. The van der Waals surface area contributed by atoms with E-state index in [0.29, 0.717) is 0 Å². The van der Waals surface area contributed by atoms with Crippen LogP contribution in [0.15, 0.2) is 60.0 Å². The van der Waals surface area contributed by atoms with Gasteiger partial charge < -0.3 is 5.32 Å². The van der Waals surface area contributed by atoms with Crippen LogP contribution in [0.3, 0.4) is 0 Å². The summed E-state index contributed by atoms with van der Waals surface area (Å²) in [5, 5.41) is 6.81. The summed E-state index contributed by atoms with van der Waals surface area (Å²) in [6.07, 6.45) is 0. The molecule has 0 bridgehead atoms. The summed E-state index contributed by atoms with van der Waals surface area (Å²) in [7, 11) is 0. The van der Waals surface area contributed by atoms with Crippen LogP contribution in [0.25, 0.3) is 11.1 Å². The summed E-state index contributed by atoms with van der Waals surface area (Å²) in [4.78, 5) is 4.57. The maximum atomic E-state index is 4.57. The molecular formula is C18H18N2S. The number of anilines is 1. The van der Waals surface area contributed by atoms with E-state index in [0.717, 1.165) is 16.4 Å². The molecule has 0 radical (unpaired) electrons. The van der Waals surface area contributed by atoms with Gasteiger partial charge >= 0.3 is 0 Å². The first-order chi connectivity index (χ1) is 10.2. The molecule has 0 saturated carbocycles.